The number of fused-ring (bicyclic) bond motifs is 1. The van der Waals surface area contributed by atoms with E-state index < -0.39 is 24.4 Å². The standard InChI is InChI=1S/C26H24F2N4O3/c1-15-22(16-6-4-3-5-7-16)23(30-32(15)14-26(2,27)28)17-8-9-19-18(12-17)13-31(25(19)35)20-10-11-21(33)29-24(20)34/h3-9,12,20H,10-11,13-14H2,1-2H3,(H,29,33,34). The van der Waals surface area contributed by atoms with Gasteiger partial charge in [0.15, 0.2) is 0 Å². The van der Waals surface area contributed by atoms with Crippen LogP contribution in [0.4, 0.5) is 8.78 Å². The Morgan fingerprint density at radius 2 is 1.83 bits per heavy atom. The van der Waals surface area contributed by atoms with Crippen molar-refractivity contribution < 1.29 is 23.2 Å². The highest BCUT2D eigenvalue weighted by molar-refractivity contribution is 6.05. The number of hydrogen-bond donors (Lipinski definition) is 1. The monoisotopic (exact) mass is 478 g/mol. The van der Waals surface area contributed by atoms with Crippen LogP contribution in [0.1, 0.15) is 41.4 Å². The van der Waals surface area contributed by atoms with Crippen molar-refractivity contribution in [3.05, 3.63) is 65.4 Å². The lowest BCUT2D eigenvalue weighted by atomic mass is 9.97. The van der Waals surface area contributed by atoms with Gasteiger partial charge in [-0.3, -0.25) is 24.4 Å². The van der Waals surface area contributed by atoms with E-state index in [9.17, 15) is 23.2 Å². The zero-order valence-electron chi connectivity index (χ0n) is 19.3. The summed E-state index contributed by atoms with van der Waals surface area (Å²) in [7, 11) is 0. The quantitative estimate of drug-likeness (QED) is 0.563. The Morgan fingerprint density at radius 1 is 1.09 bits per heavy atom. The smallest absolute Gasteiger partial charge is 0.264 e. The number of carbonyl (C=O) groups is 3. The first-order valence-corrected chi connectivity index (χ1v) is 11.4. The molecule has 0 bridgehead atoms. The summed E-state index contributed by atoms with van der Waals surface area (Å²) >= 11 is 0. The molecule has 180 valence electrons. The predicted molar refractivity (Wildman–Crippen MR) is 125 cm³/mol. The summed E-state index contributed by atoms with van der Waals surface area (Å²) in [6.45, 7) is 2.31. The molecule has 1 fully saturated rings. The molecule has 1 aromatic heterocycles. The van der Waals surface area contributed by atoms with Gasteiger partial charge >= 0.3 is 0 Å². The molecule has 5 rings (SSSR count). The molecule has 2 aromatic carbocycles. The Balaban J connectivity index is 1.54. The van der Waals surface area contributed by atoms with Gasteiger partial charge in [-0.05, 0) is 36.6 Å². The first kappa shape index (κ1) is 22.9. The van der Waals surface area contributed by atoms with Gasteiger partial charge in [-0.1, -0.05) is 36.4 Å². The SMILES string of the molecule is Cc1c(-c2ccccc2)c(-c2ccc3c(c2)CN(C2CCC(=O)NC2=O)C3=O)nn1CC(C)(F)F. The molecule has 3 amide bonds. The first-order chi connectivity index (χ1) is 16.6. The van der Waals surface area contributed by atoms with Crippen molar-refractivity contribution in [2.75, 3.05) is 0 Å². The second kappa shape index (κ2) is 8.41. The van der Waals surface area contributed by atoms with Crippen molar-refractivity contribution in [2.24, 2.45) is 0 Å². The van der Waals surface area contributed by atoms with Crippen molar-refractivity contribution in [1.82, 2.24) is 20.0 Å². The van der Waals surface area contributed by atoms with Gasteiger partial charge in [0.05, 0.1) is 0 Å². The molecule has 1 atom stereocenters. The normalized spacial score (nSPS) is 18.1. The van der Waals surface area contributed by atoms with E-state index in [1.54, 1.807) is 19.1 Å². The highest BCUT2D eigenvalue weighted by Gasteiger charge is 2.39. The summed E-state index contributed by atoms with van der Waals surface area (Å²) in [6, 6.07) is 14.0. The van der Waals surface area contributed by atoms with Crippen LogP contribution in [-0.2, 0) is 22.7 Å². The van der Waals surface area contributed by atoms with E-state index in [0.29, 0.717) is 22.5 Å². The van der Waals surface area contributed by atoms with Gasteiger partial charge in [-0.15, -0.1) is 0 Å². The van der Waals surface area contributed by atoms with Crippen molar-refractivity contribution in [1.29, 1.82) is 0 Å². The summed E-state index contributed by atoms with van der Waals surface area (Å²) in [6.07, 6.45) is 0.464. The third-order valence-corrected chi connectivity index (χ3v) is 6.49. The Kier molecular flexibility index (Phi) is 5.50. The number of amides is 3. The minimum absolute atomic E-state index is 0.182. The molecular formula is C26H24F2N4O3. The molecule has 35 heavy (non-hydrogen) atoms. The Hall–Kier alpha value is -3.88. The number of rotatable bonds is 5. The highest BCUT2D eigenvalue weighted by Crippen LogP contribution is 2.37. The molecule has 2 aliphatic rings. The molecule has 0 spiro atoms. The average Bonchev–Trinajstić information content (AvgIpc) is 3.29. The number of alkyl halides is 2. The number of nitrogens with one attached hydrogen (secondary N) is 1. The van der Waals surface area contributed by atoms with Crippen LogP contribution in [0.25, 0.3) is 22.4 Å². The lowest BCUT2D eigenvalue weighted by Crippen LogP contribution is -2.52. The molecule has 3 heterocycles. The van der Waals surface area contributed by atoms with Crippen molar-refractivity contribution in [3.63, 3.8) is 0 Å². The highest BCUT2D eigenvalue weighted by atomic mass is 19.3. The summed E-state index contributed by atoms with van der Waals surface area (Å²) in [4.78, 5) is 38.4. The first-order valence-electron chi connectivity index (χ1n) is 11.4. The number of nitrogens with zero attached hydrogens (tertiary/aromatic N) is 3. The topological polar surface area (TPSA) is 84.3 Å². The van der Waals surface area contributed by atoms with Gasteiger partial charge in [0, 0.05) is 42.3 Å². The molecule has 7 nitrogen and oxygen atoms in total. The second-order valence-electron chi connectivity index (χ2n) is 9.17. The average molecular weight is 478 g/mol. The molecule has 0 radical (unpaired) electrons. The summed E-state index contributed by atoms with van der Waals surface area (Å²) in [5.74, 6) is -4.01. The van der Waals surface area contributed by atoms with E-state index in [0.717, 1.165) is 23.6 Å². The number of halogens is 2. The predicted octanol–water partition coefficient (Wildman–Crippen LogP) is 3.94. The fourth-order valence-corrected chi connectivity index (χ4v) is 4.84. The van der Waals surface area contributed by atoms with Crippen LogP contribution in [-0.4, -0.2) is 44.4 Å². The zero-order valence-corrected chi connectivity index (χ0v) is 19.3. The maximum Gasteiger partial charge on any atom is 0.264 e. The lowest BCUT2D eigenvalue weighted by Gasteiger charge is -2.29. The molecule has 3 aromatic rings. The number of carbonyl (C=O) groups excluding carboxylic acids is 3. The number of imide groups is 1. The van der Waals surface area contributed by atoms with Crippen LogP contribution in [0.3, 0.4) is 0 Å². The molecule has 0 saturated carbocycles. The minimum atomic E-state index is -2.94. The van der Waals surface area contributed by atoms with Gasteiger partial charge in [-0.25, -0.2) is 8.78 Å². The fraction of sp³-hybridized carbons (Fsp3) is 0.308. The van der Waals surface area contributed by atoms with Crippen molar-refractivity contribution >= 4 is 17.7 Å². The largest absolute Gasteiger partial charge is 0.322 e. The van der Waals surface area contributed by atoms with Gasteiger partial charge in [0.1, 0.15) is 18.3 Å². The van der Waals surface area contributed by atoms with Gasteiger partial charge < -0.3 is 4.90 Å². The fourth-order valence-electron chi connectivity index (χ4n) is 4.84. The maximum absolute atomic E-state index is 13.9. The van der Waals surface area contributed by atoms with Crippen LogP contribution >= 0.6 is 0 Å². The molecule has 1 N–H and O–H groups in total. The summed E-state index contributed by atoms with van der Waals surface area (Å²) in [5.41, 5.74) is 4.68. The van der Waals surface area contributed by atoms with Crippen LogP contribution < -0.4 is 5.32 Å². The van der Waals surface area contributed by atoms with Crippen LogP contribution in [0.5, 0.6) is 0 Å². The van der Waals surface area contributed by atoms with E-state index in [1.165, 1.54) is 9.58 Å². The van der Waals surface area contributed by atoms with E-state index in [2.05, 4.69) is 10.4 Å². The maximum atomic E-state index is 13.9. The summed E-state index contributed by atoms with van der Waals surface area (Å²) < 4.78 is 29.1. The van der Waals surface area contributed by atoms with E-state index in [-0.39, 0.29) is 31.2 Å². The Labute approximate surface area is 200 Å². The van der Waals surface area contributed by atoms with Gasteiger partial charge in [-0.2, -0.15) is 5.10 Å². The van der Waals surface area contributed by atoms with E-state index >= 15 is 0 Å². The molecule has 1 saturated heterocycles. The molecular weight excluding hydrogens is 454 g/mol. The second-order valence-corrected chi connectivity index (χ2v) is 9.17. The van der Waals surface area contributed by atoms with Crippen molar-refractivity contribution in [2.45, 2.75) is 51.7 Å². The Bertz CT molecular complexity index is 1340. The van der Waals surface area contributed by atoms with Gasteiger partial charge in [0.2, 0.25) is 11.8 Å². The van der Waals surface area contributed by atoms with Gasteiger partial charge in [0.25, 0.3) is 11.8 Å². The molecule has 0 aliphatic carbocycles. The molecule has 1 unspecified atom stereocenters. The number of benzene rings is 2. The van der Waals surface area contributed by atoms with E-state index in [4.69, 9.17) is 0 Å². The van der Waals surface area contributed by atoms with Crippen LogP contribution in [0.2, 0.25) is 0 Å². The summed E-state index contributed by atoms with van der Waals surface area (Å²) in [5, 5.41) is 6.85. The number of hydrogen-bond acceptors (Lipinski definition) is 4. The zero-order chi connectivity index (χ0) is 24.9. The Morgan fingerprint density at radius 3 is 2.51 bits per heavy atom. The number of aromatic nitrogens is 2. The lowest BCUT2D eigenvalue weighted by molar-refractivity contribution is -0.136. The van der Waals surface area contributed by atoms with E-state index in [1.807, 2.05) is 36.4 Å². The minimum Gasteiger partial charge on any atom is -0.322 e. The molecule has 9 heteroatoms. The van der Waals surface area contributed by atoms with Crippen LogP contribution in [0, 0.1) is 6.92 Å². The number of piperidine rings is 1. The third kappa shape index (κ3) is 4.22. The van der Waals surface area contributed by atoms with Crippen LogP contribution in [0.15, 0.2) is 48.5 Å². The third-order valence-electron chi connectivity index (χ3n) is 6.49. The van der Waals surface area contributed by atoms with Crippen molar-refractivity contribution in [3.8, 4) is 22.4 Å². The molecule has 2 aliphatic heterocycles.